The molecule has 1 atom stereocenters. The second-order valence-electron chi connectivity index (χ2n) is 6.43. The lowest BCUT2D eigenvalue weighted by Gasteiger charge is -2.12. The Bertz CT molecular complexity index is 1070. The number of carbonyl (C=O) groups is 1. The first-order valence-corrected chi connectivity index (χ1v) is 10.1. The highest BCUT2D eigenvalue weighted by Crippen LogP contribution is 2.36. The number of ketones is 1. The summed E-state index contributed by atoms with van der Waals surface area (Å²) in [4.78, 5) is 32.1. The fraction of sp³-hybridized carbons (Fsp3) is 0.316. The molecule has 134 valence electrons. The lowest BCUT2D eigenvalue weighted by molar-refractivity contribution is 0.0994. The van der Waals surface area contributed by atoms with Crippen molar-refractivity contribution in [1.29, 1.82) is 0 Å². The number of hydrogen-bond donors (Lipinski definition) is 0. The molecule has 2 heterocycles. The molecule has 0 aliphatic heterocycles. The number of halogens is 1. The zero-order chi connectivity index (χ0) is 18.4. The molecule has 4 rings (SSSR count). The second-order valence-corrected chi connectivity index (χ2v) is 8.82. The molecule has 1 aliphatic rings. The highest BCUT2D eigenvalue weighted by atomic mass is 32.2. The Labute approximate surface area is 158 Å². The van der Waals surface area contributed by atoms with Gasteiger partial charge in [0.25, 0.3) is 5.56 Å². The van der Waals surface area contributed by atoms with Gasteiger partial charge in [0.1, 0.15) is 10.6 Å². The summed E-state index contributed by atoms with van der Waals surface area (Å²) in [5.74, 6) is -0.486. The van der Waals surface area contributed by atoms with E-state index in [1.807, 2.05) is 0 Å². The van der Waals surface area contributed by atoms with E-state index in [4.69, 9.17) is 0 Å². The van der Waals surface area contributed by atoms with Gasteiger partial charge in [-0.3, -0.25) is 14.2 Å². The van der Waals surface area contributed by atoms with E-state index < -0.39 is 5.25 Å². The molecule has 0 spiro atoms. The van der Waals surface area contributed by atoms with Crippen LogP contribution in [0.2, 0.25) is 0 Å². The summed E-state index contributed by atoms with van der Waals surface area (Å²) in [6, 6.07) is 5.51. The van der Waals surface area contributed by atoms with Crippen molar-refractivity contribution in [2.75, 3.05) is 0 Å². The van der Waals surface area contributed by atoms with E-state index in [2.05, 4.69) is 4.98 Å². The van der Waals surface area contributed by atoms with E-state index in [0.29, 0.717) is 10.7 Å². The van der Waals surface area contributed by atoms with Crippen LogP contribution in [0.1, 0.15) is 34.1 Å². The van der Waals surface area contributed by atoms with Gasteiger partial charge in [-0.2, -0.15) is 0 Å². The van der Waals surface area contributed by atoms with Gasteiger partial charge in [-0.1, -0.05) is 11.8 Å². The first-order chi connectivity index (χ1) is 12.5. The lowest BCUT2D eigenvalue weighted by atomic mass is 10.1. The van der Waals surface area contributed by atoms with Crippen molar-refractivity contribution in [3.63, 3.8) is 0 Å². The highest BCUT2D eigenvalue weighted by molar-refractivity contribution is 8.00. The number of nitrogens with zero attached hydrogens (tertiary/aromatic N) is 2. The highest BCUT2D eigenvalue weighted by Gasteiger charge is 2.24. The van der Waals surface area contributed by atoms with Gasteiger partial charge in [-0.25, -0.2) is 9.37 Å². The van der Waals surface area contributed by atoms with E-state index in [9.17, 15) is 14.0 Å². The van der Waals surface area contributed by atoms with Gasteiger partial charge in [0, 0.05) is 17.5 Å². The largest absolute Gasteiger partial charge is 0.293 e. The molecule has 7 heteroatoms. The maximum absolute atomic E-state index is 13.0. The van der Waals surface area contributed by atoms with E-state index in [1.165, 1.54) is 45.5 Å². The Balaban J connectivity index is 1.66. The molecular formula is C19H17FN2O2S2. The van der Waals surface area contributed by atoms with Crippen LogP contribution in [0.5, 0.6) is 0 Å². The number of hydrogen-bond acceptors (Lipinski definition) is 5. The molecule has 26 heavy (non-hydrogen) atoms. The van der Waals surface area contributed by atoms with Crippen molar-refractivity contribution in [2.24, 2.45) is 7.05 Å². The van der Waals surface area contributed by atoms with Crippen LogP contribution in [0.4, 0.5) is 4.39 Å². The predicted octanol–water partition coefficient (Wildman–Crippen LogP) is 3.99. The summed E-state index contributed by atoms with van der Waals surface area (Å²) in [5, 5.41) is 0.847. The minimum atomic E-state index is -0.428. The number of carbonyl (C=O) groups excluding carboxylic acids is 1. The maximum Gasteiger partial charge on any atom is 0.262 e. The predicted molar refractivity (Wildman–Crippen MR) is 103 cm³/mol. The molecule has 1 aliphatic carbocycles. The SMILES string of the molecule is CC(Sc1nc2sc3c(c2c(=O)n1C)CCC3)C(=O)c1ccc(F)cc1. The molecular weight excluding hydrogens is 371 g/mol. The van der Waals surface area contributed by atoms with Crippen LogP contribution in [0.3, 0.4) is 0 Å². The van der Waals surface area contributed by atoms with Crippen LogP contribution < -0.4 is 5.56 Å². The molecule has 1 unspecified atom stereocenters. The molecule has 0 fully saturated rings. The van der Waals surface area contributed by atoms with Gasteiger partial charge in [-0.05, 0) is 56.0 Å². The topological polar surface area (TPSA) is 52.0 Å². The molecule has 0 radical (unpaired) electrons. The van der Waals surface area contributed by atoms with Crippen LogP contribution >= 0.6 is 23.1 Å². The average Bonchev–Trinajstić information content (AvgIpc) is 3.20. The smallest absolute Gasteiger partial charge is 0.262 e. The third-order valence-electron chi connectivity index (χ3n) is 4.69. The summed E-state index contributed by atoms with van der Waals surface area (Å²) < 4.78 is 14.6. The molecule has 0 bridgehead atoms. The number of benzene rings is 1. The van der Waals surface area contributed by atoms with Gasteiger partial charge in [0.05, 0.1) is 10.6 Å². The normalized spacial score (nSPS) is 14.6. The van der Waals surface area contributed by atoms with Crippen molar-refractivity contribution >= 4 is 39.1 Å². The minimum absolute atomic E-state index is 0.0432. The van der Waals surface area contributed by atoms with Crippen LogP contribution in [-0.4, -0.2) is 20.6 Å². The van der Waals surface area contributed by atoms with Gasteiger partial charge >= 0.3 is 0 Å². The number of aromatic nitrogens is 2. The number of rotatable bonds is 4. The van der Waals surface area contributed by atoms with Gasteiger partial charge < -0.3 is 0 Å². The molecule has 4 nitrogen and oxygen atoms in total. The third-order valence-corrected chi connectivity index (χ3v) is 7.01. The summed E-state index contributed by atoms with van der Waals surface area (Å²) in [6.45, 7) is 1.78. The van der Waals surface area contributed by atoms with Crippen LogP contribution in [0.15, 0.2) is 34.2 Å². The third kappa shape index (κ3) is 2.89. The molecule has 0 amide bonds. The number of aryl methyl sites for hydroxylation is 2. The van der Waals surface area contributed by atoms with Crippen molar-refractivity contribution in [3.8, 4) is 0 Å². The fourth-order valence-corrected chi connectivity index (χ4v) is 5.53. The molecule has 1 aromatic carbocycles. The summed E-state index contributed by atoms with van der Waals surface area (Å²) in [6.07, 6.45) is 3.06. The van der Waals surface area contributed by atoms with Gasteiger partial charge in [-0.15, -0.1) is 11.3 Å². The molecule has 0 saturated carbocycles. The number of Topliss-reactive ketones (excluding diaryl/α,β-unsaturated/α-hetero) is 1. The summed E-state index contributed by atoms with van der Waals surface area (Å²) in [5.41, 5.74) is 1.57. The number of thioether (sulfide) groups is 1. The van der Waals surface area contributed by atoms with E-state index in [0.717, 1.165) is 35.0 Å². The van der Waals surface area contributed by atoms with E-state index in [-0.39, 0.29) is 17.2 Å². The monoisotopic (exact) mass is 388 g/mol. The lowest BCUT2D eigenvalue weighted by Crippen LogP contribution is -2.22. The Morgan fingerprint density at radius 1 is 1.31 bits per heavy atom. The molecule has 2 aromatic heterocycles. The van der Waals surface area contributed by atoms with Crippen LogP contribution in [0.25, 0.3) is 10.2 Å². The van der Waals surface area contributed by atoms with Crippen molar-refractivity contribution in [1.82, 2.24) is 9.55 Å². The average molecular weight is 388 g/mol. The minimum Gasteiger partial charge on any atom is -0.293 e. The van der Waals surface area contributed by atoms with Gasteiger partial charge in [0.2, 0.25) is 0 Å². The zero-order valence-electron chi connectivity index (χ0n) is 14.4. The Kier molecular flexibility index (Phi) is 4.44. The Morgan fingerprint density at radius 2 is 2.04 bits per heavy atom. The number of thiophene rings is 1. The second kappa shape index (κ2) is 6.63. The fourth-order valence-electron chi connectivity index (χ4n) is 3.27. The molecule has 3 aromatic rings. The van der Waals surface area contributed by atoms with Crippen molar-refractivity contribution < 1.29 is 9.18 Å². The quantitative estimate of drug-likeness (QED) is 0.385. The maximum atomic E-state index is 13.0. The van der Waals surface area contributed by atoms with Crippen LogP contribution in [-0.2, 0) is 19.9 Å². The van der Waals surface area contributed by atoms with Crippen LogP contribution in [0, 0.1) is 5.82 Å². The van der Waals surface area contributed by atoms with Crippen molar-refractivity contribution in [3.05, 3.63) is 56.4 Å². The van der Waals surface area contributed by atoms with Crippen molar-refractivity contribution in [2.45, 2.75) is 36.6 Å². The summed E-state index contributed by atoms with van der Waals surface area (Å²) >= 11 is 2.85. The first-order valence-electron chi connectivity index (χ1n) is 8.43. The zero-order valence-corrected chi connectivity index (χ0v) is 16.0. The standard InChI is InChI=1S/C19H17FN2O2S2/c1-10(16(23)11-6-8-12(20)9-7-11)25-19-21-17-15(18(24)22(19)2)13-4-3-5-14(13)26-17/h6-10H,3-5H2,1-2H3. The molecule has 0 N–H and O–H groups in total. The summed E-state index contributed by atoms with van der Waals surface area (Å²) in [7, 11) is 1.70. The number of fused-ring (bicyclic) bond motifs is 3. The van der Waals surface area contributed by atoms with Gasteiger partial charge in [0.15, 0.2) is 10.9 Å². The Morgan fingerprint density at radius 3 is 2.77 bits per heavy atom. The van der Waals surface area contributed by atoms with E-state index >= 15 is 0 Å². The first kappa shape index (κ1) is 17.4. The Hall–Kier alpha value is -1.99. The van der Waals surface area contributed by atoms with E-state index in [1.54, 1.807) is 25.3 Å². The molecule has 0 saturated heterocycles.